The zero-order valence-corrected chi connectivity index (χ0v) is 9.45. The van der Waals surface area contributed by atoms with Crippen molar-refractivity contribution in [3.8, 4) is 0 Å². The summed E-state index contributed by atoms with van der Waals surface area (Å²) in [6.07, 6.45) is -12.9. The lowest BCUT2D eigenvalue weighted by atomic mass is 9.94. The van der Waals surface area contributed by atoms with E-state index >= 15 is 0 Å². The van der Waals surface area contributed by atoms with E-state index in [4.69, 9.17) is 0 Å². The molecule has 0 aliphatic heterocycles. The van der Waals surface area contributed by atoms with E-state index in [0.717, 1.165) is 0 Å². The zero-order valence-electron chi connectivity index (χ0n) is 9.45. The van der Waals surface area contributed by atoms with Crippen LogP contribution in [0.2, 0.25) is 0 Å². The van der Waals surface area contributed by atoms with E-state index in [1.54, 1.807) is 0 Å². The minimum absolute atomic E-state index is 3.14. The Bertz CT molecular complexity index is 402. The fourth-order valence-corrected chi connectivity index (χ4v) is 0.981. The van der Waals surface area contributed by atoms with E-state index in [1.165, 1.54) is 0 Å². The molecule has 0 aliphatic carbocycles. The minimum atomic E-state index is -7.86. The molecule has 134 valence electrons. The minimum Gasteiger partial charge on any atom is -0.267 e. The van der Waals surface area contributed by atoms with Gasteiger partial charge in [0.2, 0.25) is 0 Å². The molecule has 0 saturated carbocycles. The SMILES string of the molecule is NC(F)(F)C(F)(F)C(F)(F)C(F)(F)C(F)(F)C(F)C(F)(F)F. The Morgan fingerprint density at radius 2 is 0.864 bits per heavy atom. The van der Waals surface area contributed by atoms with Crippen molar-refractivity contribution in [2.75, 3.05) is 0 Å². The largest absolute Gasteiger partial charge is 0.425 e. The molecule has 0 spiro atoms. The summed E-state index contributed by atoms with van der Waals surface area (Å²) >= 11 is 0. The maximum atomic E-state index is 12.7. The number of hydrogen-bond donors (Lipinski definition) is 1. The maximum absolute atomic E-state index is 12.7. The first-order valence-electron chi connectivity index (χ1n) is 4.54. The van der Waals surface area contributed by atoms with Crippen LogP contribution in [0.25, 0.3) is 0 Å². The molecule has 1 atom stereocenters. The van der Waals surface area contributed by atoms with E-state index in [9.17, 15) is 61.5 Å². The summed E-state index contributed by atoms with van der Waals surface area (Å²) in [5.74, 6) is -30.6. The van der Waals surface area contributed by atoms with Crippen molar-refractivity contribution in [3.05, 3.63) is 0 Å². The van der Waals surface area contributed by atoms with Crippen LogP contribution in [-0.4, -0.2) is 42.1 Å². The second-order valence-corrected chi connectivity index (χ2v) is 3.87. The van der Waals surface area contributed by atoms with Gasteiger partial charge in [-0.25, -0.2) is 4.39 Å². The van der Waals surface area contributed by atoms with Gasteiger partial charge in [0, 0.05) is 0 Å². The van der Waals surface area contributed by atoms with Crippen LogP contribution in [0, 0.1) is 0 Å². The molecular weight excluding hydrogens is 364 g/mol. The number of alkyl halides is 14. The molecule has 0 rings (SSSR count). The Morgan fingerprint density at radius 1 is 0.545 bits per heavy atom. The molecule has 0 bridgehead atoms. The van der Waals surface area contributed by atoms with Crippen LogP contribution in [0.5, 0.6) is 0 Å². The predicted molar refractivity (Wildman–Crippen MR) is 39.9 cm³/mol. The molecule has 2 N–H and O–H groups in total. The van der Waals surface area contributed by atoms with Gasteiger partial charge in [-0.15, -0.1) is 0 Å². The molecule has 0 amide bonds. The van der Waals surface area contributed by atoms with Gasteiger partial charge in [0.25, 0.3) is 6.17 Å². The lowest BCUT2D eigenvalue weighted by Gasteiger charge is -2.39. The fraction of sp³-hybridized carbons (Fsp3) is 1.00. The van der Waals surface area contributed by atoms with Crippen LogP contribution in [0.1, 0.15) is 0 Å². The highest BCUT2D eigenvalue weighted by molar-refractivity contribution is 5.09. The summed E-state index contributed by atoms with van der Waals surface area (Å²) in [5, 5.41) is 0. The molecule has 1 nitrogen and oxygen atoms in total. The van der Waals surface area contributed by atoms with Gasteiger partial charge in [0.15, 0.2) is 0 Å². The molecule has 0 radical (unpaired) electrons. The second-order valence-electron chi connectivity index (χ2n) is 3.87. The topological polar surface area (TPSA) is 26.0 Å². The maximum Gasteiger partial charge on any atom is 0.425 e. The first-order valence-corrected chi connectivity index (χ1v) is 4.54. The van der Waals surface area contributed by atoms with Crippen LogP contribution >= 0.6 is 0 Å². The van der Waals surface area contributed by atoms with Crippen molar-refractivity contribution in [2.45, 2.75) is 42.1 Å². The molecule has 0 aromatic carbocycles. The highest BCUT2D eigenvalue weighted by Gasteiger charge is 2.88. The number of nitrogens with two attached hydrogens (primary N) is 1. The number of rotatable bonds is 5. The average Bonchev–Trinajstić information content (AvgIpc) is 2.24. The second kappa shape index (κ2) is 4.99. The molecule has 22 heavy (non-hydrogen) atoms. The summed E-state index contributed by atoms with van der Waals surface area (Å²) in [5.41, 5.74) is 3.14. The third kappa shape index (κ3) is 2.78. The zero-order chi connectivity index (χ0) is 18.6. The Morgan fingerprint density at radius 3 is 1.09 bits per heavy atom. The summed E-state index contributed by atoms with van der Waals surface area (Å²) in [6, 6.07) is -6.53. The third-order valence-electron chi connectivity index (χ3n) is 2.23. The molecule has 1 unspecified atom stereocenters. The summed E-state index contributed by atoms with van der Waals surface area (Å²) in [6.45, 7) is 0. The summed E-state index contributed by atoms with van der Waals surface area (Å²) in [7, 11) is 0. The van der Waals surface area contributed by atoms with Gasteiger partial charge in [-0.3, -0.25) is 5.73 Å². The molecule has 0 aliphatic rings. The van der Waals surface area contributed by atoms with Crippen LogP contribution in [0.15, 0.2) is 0 Å². The summed E-state index contributed by atoms with van der Waals surface area (Å²) < 4.78 is 172. The molecular formula is C7H3F14N. The van der Waals surface area contributed by atoms with E-state index in [1.807, 2.05) is 0 Å². The normalized spacial score (nSPS) is 17.6. The van der Waals surface area contributed by atoms with Crippen molar-refractivity contribution in [1.82, 2.24) is 0 Å². The van der Waals surface area contributed by atoms with E-state index in [2.05, 4.69) is 5.73 Å². The average molecular weight is 367 g/mol. The highest BCUT2D eigenvalue weighted by atomic mass is 19.4. The number of halogens is 14. The lowest BCUT2D eigenvalue weighted by molar-refractivity contribution is -0.417. The lowest BCUT2D eigenvalue weighted by Crippen LogP contribution is -2.71. The quantitative estimate of drug-likeness (QED) is 0.578. The van der Waals surface area contributed by atoms with Gasteiger partial charge in [-0.1, -0.05) is 0 Å². The standard InChI is InChI=1S/C7H3F14N/c8-1(3(11,12)13)2(9,10)4(14,15)5(16,17)6(18,19)7(20,21)22/h1H,22H2. The molecule has 0 aromatic rings. The van der Waals surface area contributed by atoms with Gasteiger partial charge in [0.05, 0.1) is 0 Å². The fourth-order valence-electron chi connectivity index (χ4n) is 0.981. The smallest absolute Gasteiger partial charge is 0.267 e. The van der Waals surface area contributed by atoms with Crippen LogP contribution in [0.4, 0.5) is 61.5 Å². The Hall–Kier alpha value is -1.02. The molecule has 0 saturated heterocycles. The molecule has 0 fully saturated rings. The Labute approximate surface area is 111 Å². The van der Waals surface area contributed by atoms with Crippen LogP contribution in [0.3, 0.4) is 0 Å². The highest BCUT2D eigenvalue weighted by Crippen LogP contribution is 2.58. The Balaban J connectivity index is 6.12. The first kappa shape index (κ1) is 21.0. The van der Waals surface area contributed by atoms with Crippen molar-refractivity contribution in [1.29, 1.82) is 0 Å². The molecule has 15 heteroatoms. The predicted octanol–water partition coefficient (Wildman–Crippen LogP) is 3.98. The van der Waals surface area contributed by atoms with Gasteiger partial charge >= 0.3 is 35.9 Å². The van der Waals surface area contributed by atoms with Crippen LogP contribution < -0.4 is 5.73 Å². The summed E-state index contributed by atoms with van der Waals surface area (Å²) in [4.78, 5) is 0. The third-order valence-corrected chi connectivity index (χ3v) is 2.23. The van der Waals surface area contributed by atoms with Gasteiger partial charge in [-0.05, 0) is 0 Å². The van der Waals surface area contributed by atoms with E-state index < -0.39 is 42.1 Å². The van der Waals surface area contributed by atoms with Gasteiger partial charge in [-0.2, -0.15) is 57.1 Å². The van der Waals surface area contributed by atoms with Crippen molar-refractivity contribution < 1.29 is 61.5 Å². The molecule has 0 aromatic heterocycles. The van der Waals surface area contributed by atoms with E-state index in [0.29, 0.717) is 0 Å². The first-order chi connectivity index (χ1) is 9.15. The van der Waals surface area contributed by atoms with E-state index in [-0.39, 0.29) is 0 Å². The number of hydrogen-bond acceptors (Lipinski definition) is 1. The Kier molecular flexibility index (Phi) is 4.76. The van der Waals surface area contributed by atoms with Crippen molar-refractivity contribution in [3.63, 3.8) is 0 Å². The van der Waals surface area contributed by atoms with Gasteiger partial charge in [0.1, 0.15) is 0 Å². The van der Waals surface area contributed by atoms with Gasteiger partial charge < -0.3 is 0 Å². The van der Waals surface area contributed by atoms with Crippen molar-refractivity contribution in [2.24, 2.45) is 5.73 Å². The monoisotopic (exact) mass is 367 g/mol. The van der Waals surface area contributed by atoms with Crippen LogP contribution in [-0.2, 0) is 0 Å². The molecule has 0 heterocycles. The van der Waals surface area contributed by atoms with Crippen molar-refractivity contribution >= 4 is 0 Å².